The molecule has 10 heteroatoms. The second kappa shape index (κ2) is 9.53. The highest BCUT2D eigenvalue weighted by molar-refractivity contribution is 7.89. The van der Waals surface area contributed by atoms with Gasteiger partial charge in [-0.05, 0) is 37.6 Å². The second-order valence-corrected chi connectivity index (χ2v) is 8.99. The third-order valence-corrected chi connectivity index (χ3v) is 6.47. The number of rotatable bonds is 7. The maximum absolute atomic E-state index is 12.9. The molecule has 0 saturated carbocycles. The zero-order valence-corrected chi connectivity index (χ0v) is 18.2. The number of aromatic nitrogens is 1. The molecule has 7 nitrogen and oxygen atoms in total. The predicted molar refractivity (Wildman–Crippen MR) is 108 cm³/mol. The molecular weight excluding hydrogens is 436 g/mol. The van der Waals surface area contributed by atoms with E-state index in [9.17, 15) is 18.0 Å². The van der Waals surface area contributed by atoms with Crippen LogP contribution in [0.25, 0.3) is 10.2 Å². The van der Waals surface area contributed by atoms with E-state index >= 15 is 0 Å². The largest absolute Gasteiger partial charge is 1.00 e. The van der Waals surface area contributed by atoms with Crippen molar-refractivity contribution < 1.29 is 30.4 Å². The highest BCUT2D eigenvalue weighted by Gasteiger charge is 2.25. The molecular formula is C19H20ClN2O5S2-. The quantitative estimate of drug-likeness (QED) is 0.483. The van der Waals surface area contributed by atoms with Gasteiger partial charge < -0.3 is 22.1 Å². The van der Waals surface area contributed by atoms with Gasteiger partial charge in [-0.2, -0.15) is 0 Å². The van der Waals surface area contributed by atoms with Crippen LogP contribution in [0.3, 0.4) is 0 Å². The number of benzene rings is 2. The molecule has 0 amide bonds. The first kappa shape index (κ1) is 23.1. The molecule has 0 aliphatic rings. The number of aromatic amines is 1. The number of thiazole rings is 1. The Morgan fingerprint density at radius 3 is 2.55 bits per heavy atom. The Bertz CT molecular complexity index is 1150. The first-order chi connectivity index (χ1) is 13.3. The summed E-state index contributed by atoms with van der Waals surface area (Å²) in [6.07, 6.45) is -0.129. The normalized spacial score (nSPS) is 12.3. The van der Waals surface area contributed by atoms with E-state index < -0.39 is 22.0 Å². The fraction of sp³-hybridized carbons (Fsp3) is 0.263. The minimum Gasteiger partial charge on any atom is -1.00 e. The molecule has 0 radical (unpaired) electrons. The monoisotopic (exact) mass is 455 g/mol. The fourth-order valence-corrected chi connectivity index (χ4v) is 4.86. The minimum atomic E-state index is -3.93. The van der Waals surface area contributed by atoms with Gasteiger partial charge in [0.1, 0.15) is 0 Å². The molecule has 0 aliphatic heterocycles. The summed E-state index contributed by atoms with van der Waals surface area (Å²) in [5.74, 6) is -0.491. The number of carbonyl (C=O) groups is 1. The molecule has 0 bridgehead atoms. The van der Waals surface area contributed by atoms with Crippen molar-refractivity contribution in [3.8, 4) is 0 Å². The number of H-pyrrole nitrogens is 1. The Balaban J connectivity index is 0.00000300. The van der Waals surface area contributed by atoms with Crippen LogP contribution in [0, 0.1) is 6.92 Å². The van der Waals surface area contributed by atoms with Gasteiger partial charge in [-0.25, -0.2) is 13.1 Å². The molecule has 3 aromatic rings. The van der Waals surface area contributed by atoms with Crippen LogP contribution >= 0.6 is 11.3 Å². The van der Waals surface area contributed by atoms with Crippen molar-refractivity contribution in [2.24, 2.45) is 0 Å². The molecule has 2 N–H and O–H groups in total. The summed E-state index contributed by atoms with van der Waals surface area (Å²) in [6.45, 7) is 3.83. The van der Waals surface area contributed by atoms with E-state index in [1.807, 2.05) is 19.1 Å². The Kier molecular flexibility index (Phi) is 7.59. The summed E-state index contributed by atoms with van der Waals surface area (Å²) >= 11 is 0.939. The molecule has 0 spiro atoms. The number of sulfonamides is 1. The fourth-order valence-electron chi connectivity index (χ4n) is 2.76. The molecule has 1 heterocycles. The number of aryl methyl sites for hydroxylation is 1. The minimum absolute atomic E-state index is 0. The summed E-state index contributed by atoms with van der Waals surface area (Å²) in [5.41, 5.74) is 2.26. The molecule has 156 valence electrons. The van der Waals surface area contributed by atoms with Crippen LogP contribution < -0.4 is 22.0 Å². The summed E-state index contributed by atoms with van der Waals surface area (Å²) in [6, 6.07) is 10.9. The van der Waals surface area contributed by atoms with Gasteiger partial charge in [-0.1, -0.05) is 41.2 Å². The summed E-state index contributed by atoms with van der Waals surface area (Å²) < 4.78 is 34.0. The number of hydrogen-bond donors (Lipinski definition) is 2. The topological polar surface area (TPSA) is 105 Å². The van der Waals surface area contributed by atoms with E-state index in [-0.39, 0.29) is 35.2 Å². The van der Waals surface area contributed by atoms with Crippen LogP contribution in [-0.2, 0) is 19.6 Å². The van der Waals surface area contributed by atoms with Crippen LogP contribution in [0.4, 0.5) is 0 Å². The van der Waals surface area contributed by atoms with Crippen molar-refractivity contribution in [2.75, 3.05) is 6.61 Å². The average Bonchev–Trinajstić information content (AvgIpc) is 3.01. The molecule has 0 aliphatic carbocycles. The maximum Gasteiger partial charge on any atom is 0.307 e. The third kappa shape index (κ3) is 5.66. The van der Waals surface area contributed by atoms with Crippen LogP contribution in [0.5, 0.6) is 0 Å². The van der Waals surface area contributed by atoms with Gasteiger partial charge in [0.2, 0.25) is 10.0 Å². The third-order valence-electron chi connectivity index (χ3n) is 4.16. The zero-order chi connectivity index (χ0) is 20.3. The van der Waals surface area contributed by atoms with E-state index in [1.165, 1.54) is 12.1 Å². The summed E-state index contributed by atoms with van der Waals surface area (Å²) in [7, 11) is -3.93. The number of fused-ring (bicyclic) bond motifs is 1. The molecule has 1 atom stereocenters. The first-order valence-corrected chi connectivity index (χ1v) is 11.0. The van der Waals surface area contributed by atoms with Gasteiger partial charge in [0.25, 0.3) is 0 Å². The maximum atomic E-state index is 12.9. The van der Waals surface area contributed by atoms with Crippen molar-refractivity contribution >= 4 is 37.5 Å². The highest BCUT2D eigenvalue weighted by Crippen LogP contribution is 2.24. The van der Waals surface area contributed by atoms with E-state index in [0.717, 1.165) is 16.9 Å². The lowest BCUT2D eigenvalue weighted by molar-refractivity contribution is -0.143. The number of halogens is 1. The van der Waals surface area contributed by atoms with Crippen molar-refractivity contribution in [1.29, 1.82) is 0 Å². The van der Waals surface area contributed by atoms with Gasteiger partial charge in [-0.3, -0.25) is 9.59 Å². The molecule has 1 unspecified atom stereocenters. The number of esters is 1. The molecule has 1 aromatic heterocycles. The summed E-state index contributed by atoms with van der Waals surface area (Å²) in [4.78, 5) is 25.9. The molecule has 0 saturated heterocycles. The van der Waals surface area contributed by atoms with Crippen molar-refractivity contribution in [3.63, 3.8) is 0 Å². The highest BCUT2D eigenvalue weighted by atomic mass is 35.5. The SMILES string of the molecule is CCOC(=O)CC(NS(=O)(=O)c1ccc2[nH]c(=O)sc2c1)c1ccc(C)cc1.[Cl-]. The van der Waals surface area contributed by atoms with Crippen molar-refractivity contribution in [2.45, 2.75) is 31.2 Å². The Morgan fingerprint density at radius 2 is 1.90 bits per heavy atom. The molecule has 29 heavy (non-hydrogen) atoms. The van der Waals surface area contributed by atoms with E-state index in [1.54, 1.807) is 25.1 Å². The summed E-state index contributed by atoms with van der Waals surface area (Å²) in [5, 5.41) is 0. The lowest BCUT2D eigenvalue weighted by Gasteiger charge is -2.19. The van der Waals surface area contributed by atoms with E-state index in [0.29, 0.717) is 15.8 Å². The van der Waals surface area contributed by atoms with Gasteiger partial charge in [0, 0.05) is 0 Å². The van der Waals surface area contributed by atoms with Gasteiger partial charge in [0.05, 0.1) is 34.2 Å². The zero-order valence-electron chi connectivity index (χ0n) is 15.8. The van der Waals surface area contributed by atoms with Crippen molar-refractivity contribution in [3.05, 3.63) is 63.3 Å². The number of hydrogen-bond acceptors (Lipinski definition) is 6. The smallest absolute Gasteiger partial charge is 0.307 e. The van der Waals surface area contributed by atoms with Gasteiger partial charge >= 0.3 is 10.8 Å². The van der Waals surface area contributed by atoms with Gasteiger partial charge in [-0.15, -0.1) is 0 Å². The van der Waals surface area contributed by atoms with Crippen LogP contribution in [0.15, 0.2) is 52.2 Å². The molecule has 0 fully saturated rings. The lowest BCUT2D eigenvalue weighted by atomic mass is 10.0. The van der Waals surface area contributed by atoms with Crippen LogP contribution in [-0.4, -0.2) is 26.0 Å². The van der Waals surface area contributed by atoms with E-state index in [4.69, 9.17) is 4.74 Å². The number of nitrogens with one attached hydrogen (secondary N) is 2. The van der Waals surface area contributed by atoms with Crippen LogP contribution in [0.1, 0.15) is 30.5 Å². The standard InChI is InChI=1S/C19H20N2O5S2.ClH/c1-3-26-18(22)11-16(13-6-4-12(2)5-7-13)21-28(24,25)14-8-9-15-17(10-14)27-19(23)20-15;/h4-10,16,21H,3,11H2,1-2H3,(H,20,23);1H/p-1. The second-order valence-electron chi connectivity index (χ2n) is 6.27. The molecule has 2 aromatic carbocycles. The van der Waals surface area contributed by atoms with Crippen molar-refractivity contribution in [1.82, 2.24) is 9.71 Å². The van der Waals surface area contributed by atoms with Crippen LogP contribution in [0.2, 0.25) is 0 Å². The number of ether oxygens (including phenoxy) is 1. The first-order valence-electron chi connectivity index (χ1n) is 8.66. The lowest BCUT2D eigenvalue weighted by Crippen LogP contribution is -3.00. The average molecular weight is 456 g/mol. The Morgan fingerprint density at radius 1 is 1.21 bits per heavy atom. The van der Waals surface area contributed by atoms with E-state index in [2.05, 4.69) is 9.71 Å². The molecule has 3 rings (SSSR count). The van der Waals surface area contributed by atoms with Gasteiger partial charge in [0.15, 0.2) is 0 Å². The Hall–Kier alpha value is -2.20. The number of carbonyl (C=O) groups excluding carboxylic acids is 1. The Labute approximate surface area is 178 Å². The predicted octanol–water partition coefficient (Wildman–Crippen LogP) is -0.125.